The zero-order valence-corrected chi connectivity index (χ0v) is 11.0. The fourth-order valence-corrected chi connectivity index (χ4v) is 2.34. The second-order valence-electron chi connectivity index (χ2n) is 4.67. The topological polar surface area (TPSA) is 71.2 Å². The molecule has 3 N–H and O–H groups in total. The van der Waals surface area contributed by atoms with E-state index in [4.69, 9.17) is 5.73 Å². The van der Waals surface area contributed by atoms with Crippen LogP contribution in [0, 0.1) is 13.8 Å². The number of aryl methyl sites for hydroxylation is 2. The Hall–Kier alpha value is -1.62. The Balaban J connectivity index is 2.34. The molecule has 5 nitrogen and oxygen atoms in total. The van der Waals surface area contributed by atoms with Crippen LogP contribution in [-0.4, -0.2) is 30.5 Å². The van der Waals surface area contributed by atoms with Gasteiger partial charge in [0.2, 0.25) is 5.91 Å². The van der Waals surface area contributed by atoms with E-state index in [0.717, 1.165) is 23.6 Å². The zero-order valence-electron chi connectivity index (χ0n) is 11.0. The van der Waals surface area contributed by atoms with Gasteiger partial charge in [0.1, 0.15) is 5.82 Å². The van der Waals surface area contributed by atoms with E-state index in [1.165, 1.54) is 5.56 Å². The summed E-state index contributed by atoms with van der Waals surface area (Å²) < 4.78 is 0. The summed E-state index contributed by atoms with van der Waals surface area (Å²) in [6.07, 6.45) is 0.513. The molecule has 18 heavy (non-hydrogen) atoms. The summed E-state index contributed by atoms with van der Waals surface area (Å²) in [5, 5.41) is 2.87. The Morgan fingerprint density at radius 3 is 2.94 bits per heavy atom. The van der Waals surface area contributed by atoms with Gasteiger partial charge in [0, 0.05) is 43.9 Å². The predicted octanol–water partition coefficient (Wildman–Crippen LogP) is 0.483. The minimum absolute atomic E-state index is 0.108. The van der Waals surface area contributed by atoms with Crippen molar-refractivity contribution in [3.63, 3.8) is 0 Å². The van der Waals surface area contributed by atoms with Crippen LogP contribution in [0.15, 0.2) is 6.07 Å². The van der Waals surface area contributed by atoms with E-state index in [9.17, 15) is 4.79 Å². The van der Waals surface area contributed by atoms with Crippen LogP contribution in [0.4, 0.5) is 5.82 Å². The standard InChI is InChI=1S/C13H20N4O/c1-9-7-10(2)16-13(11(9)8-14)17-5-3-12(18)15-4-6-17/h7H,3-6,8,14H2,1-2H3,(H,15,18). The van der Waals surface area contributed by atoms with Crippen molar-refractivity contribution in [1.82, 2.24) is 10.3 Å². The van der Waals surface area contributed by atoms with Crippen LogP contribution in [0.25, 0.3) is 0 Å². The van der Waals surface area contributed by atoms with Gasteiger partial charge < -0.3 is 16.0 Å². The molecule has 0 spiro atoms. The fourth-order valence-electron chi connectivity index (χ4n) is 2.34. The number of rotatable bonds is 2. The lowest BCUT2D eigenvalue weighted by Gasteiger charge is -2.24. The van der Waals surface area contributed by atoms with Gasteiger partial charge in [-0.25, -0.2) is 4.98 Å². The molecule has 1 saturated heterocycles. The zero-order chi connectivity index (χ0) is 13.1. The van der Waals surface area contributed by atoms with Crippen molar-refractivity contribution in [2.75, 3.05) is 24.5 Å². The third kappa shape index (κ3) is 2.61. The molecule has 98 valence electrons. The maximum atomic E-state index is 11.4. The average Bonchev–Trinajstić information content (AvgIpc) is 2.53. The fraction of sp³-hybridized carbons (Fsp3) is 0.538. The summed E-state index contributed by atoms with van der Waals surface area (Å²) in [7, 11) is 0. The van der Waals surface area contributed by atoms with Crippen LogP contribution < -0.4 is 16.0 Å². The van der Waals surface area contributed by atoms with Crippen LogP contribution >= 0.6 is 0 Å². The molecule has 1 fully saturated rings. The highest BCUT2D eigenvalue weighted by molar-refractivity contribution is 5.77. The summed E-state index contributed by atoms with van der Waals surface area (Å²) in [6.45, 7) is 6.67. The predicted molar refractivity (Wildman–Crippen MR) is 71.4 cm³/mol. The summed E-state index contributed by atoms with van der Waals surface area (Å²) in [6, 6.07) is 2.05. The van der Waals surface area contributed by atoms with Gasteiger partial charge in [-0.15, -0.1) is 0 Å². The van der Waals surface area contributed by atoms with Crippen molar-refractivity contribution >= 4 is 11.7 Å². The van der Waals surface area contributed by atoms with E-state index >= 15 is 0 Å². The Labute approximate surface area is 107 Å². The lowest BCUT2D eigenvalue weighted by atomic mass is 10.1. The monoisotopic (exact) mass is 248 g/mol. The van der Waals surface area contributed by atoms with Crippen molar-refractivity contribution < 1.29 is 4.79 Å². The van der Waals surface area contributed by atoms with Crippen LogP contribution in [0.5, 0.6) is 0 Å². The molecule has 1 aliphatic heterocycles. The summed E-state index contributed by atoms with van der Waals surface area (Å²) in [5.74, 6) is 1.04. The number of nitrogens with one attached hydrogen (secondary N) is 1. The van der Waals surface area contributed by atoms with Crippen LogP contribution in [-0.2, 0) is 11.3 Å². The molecule has 1 aromatic rings. The molecule has 0 unspecified atom stereocenters. The molecule has 0 aliphatic carbocycles. The quantitative estimate of drug-likeness (QED) is 0.798. The number of hydrogen-bond acceptors (Lipinski definition) is 4. The summed E-state index contributed by atoms with van der Waals surface area (Å²) >= 11 is 0. The number of hydrogen-bond donors (Lipinski definition) is 2. The highest BCUT2D eigenvalue weighted by atomic mass is 16.1. The summed E-state index contributed by atoms with van der Waals surface area (Å²) in [5.41, 5.74) is 9.06. The molecule has 2 heterocycles. The van der Waals surface area contributed by atoms with Gasteiger partial charge in [0.05, 0.1) is 0 Å². The third-order valence-electron chi connectivity index (χ3n) is 3.27. The molecule has 1 amide bonds. The van der Waals surface area contributed by atoms with Crippen LogP contribution in [0.3, 0.4) is 0 Å². The maximum Gasteiger partial charge on any atom is 0.221 e. The van der Waals surface area contributed by atoms with Gasteiger partial charge in [-0.1, -0.05) is 0 Å². The van der Waals surface area contributed by atoms with Crippen molar-refractivity contribution in [3.8, 4) is 0 Å². The van der Waals surface area contributed by atoms with Crippen molar-refractivity contribution in [1.29, 1.82) is 0 Å². The molecule has 0 aromatic carbocycles. The van der Waals surface area contributed by atoms with Gasteiger partial charge in [0.15, 0.2) is 0 Å². The molecular formula is C13H20N4O. The Morgan fingerprint density at radius 1 is 1.44 bits per heavy atom. The first-order valence-electron chi connectivity index (χ1n) is 6.30. The highest BCUT2D eigenvalue weighted by Crippen LogP contribution is 2.22. The molecule has 1 aliphatic rings. The normalized spacial score (nSPS) is 16.4. The smallest absolute Gasteiger partial charge is 0.221 e. The van der Waals surface area contributed by atoms with E-state index in [1.54, 1.807) is 0 Å². The number of carbonyl (C=O) groups excluding carboxylic acids is 1. The molecule has 5 heteroatoms. The summed E-state index contributed by atoms with van der Waals surface area (Å²) in [4.78, 5) is 18.1. The maximum absolute atomic E-state index is 11.4. The van der Waals surface area contributed by atoms with E-state index in [-0.39, 0.29) is 5.91 Å². The van der Waals surface area contributed by atoms with E-state index in [0.29, 0.717) is 26.1 Å². The van der Waals surface area contributed by atoms with E-state index in [2.05, 4.69) is 22.1 Å². The SMILES string of the molecule is Cc1cc(C)c(CN)c(N2CCNC(=O)CC2)n1. The minimum Gasteiger partial charge on any atom is -0.354 e. The van der Waals surface area contributed by atoms with Gasteiger partial charge in [-0.05, 0) is 25.5 Å². The van der Waals surface area contributed by atoms with Crippen molar-refractivity contribution in [2.24, 2.45) is 5.73 Å². The lowest BCUT2D eigenvalue weighted by molar-refractivity contribution is -0.120. The number of anilines is 1. The minimum atomic E-state index is 0.108. The number of carbonyl (C=O) groups is 1. The number of aromatic nitrogens is 1. The largest absolute Gasteiger partial charge is 0.354 e. The molecule has 0 radical (unpaired) electrons. The number of nitrogens with zero attached hydrogens (tertiary/aromatic N) is 2. The molecule has 0 atom stereocenters. The van der Waals surface area contributed by atoms with E-state index < -0.39 is 0 Å². The van der Waals surface area contributed by atoms with Gasteiger partial charge >= 0.3 is 0 Å². The Bertz CT molecular complexity index is 459. The van der Waals surface area contributed by atoms with E-state index in [1.807, 2.05) is 13.0 Å². The number of amides is 1. The van der Waals surface area contributed by atoms with Crippen LogP contribution in [0.1, 0.15) is 23.2 Å². The molecule has 1 aromatic heterocycles. The van der Waals surface area contributed by atoms with Crippen molar-refractivity contribution in [3.05, 3.63) is 22.9 Å². The first-order valence-corrected chi connectivity index (χ1v) is 6.30. The van der Waals surface area contributed by atoms with Gasteiger partial charge in [-0.2, -0.15) is 0 Å². The molecule has 2 rings (SSSR count). The number of pyridine rings is 1. The molecular weight excluding hydrogens is 228 g/mol. The second-order valence-corrected chi connectivity index (χ2v) is 4.67. The van der Waals surface area contributed by atoms with Crippen LogP contribution in [0.2, 0.25) is 0 Å². The lowest BCUT2D eigenvalue weighted by Crippen LogP contribution is -2.30. The number of nitrogens with two attached hydrogens (primary N) is 1. The first kappa shape index (κ1) is 12.8. The highest BCUT2D eigenvalue weighted by Gasteiger charge is 2.18. The first-order chi connectivity index (χ1) is 8.61. The van der Waals surface area contributed by atoms with Gasteiger partial charge in [-0.3, -0.25) is 4.79 Å². The average molecular weight is 248 g/mol. The van der Waals surface area contributed by atoms with Crippen molar-refractivity contribution in [2.45, 2.75) is 26.8 Å². The van der Waals surface area contributed by atoms with Gasteiger partial charge in [0.25, 0.3) is 0 Å². The molecule has 0 saturated carbocycles. The molecule has 0 bridgehead atoms. The Kier molecular flexibility index (Phi) is 3.81. The Morgan fingerprint density at radius 2 is 2.22 bits per heavy atom. The second kappa shape index (κ2) is 5.35. The third-order valence-corrected chi connectivity index (χ3v) is 3.27.